The summed E-state index contributed by atoms with van der Waals surface area (Å²) in [6, 6.07) is 13.3. The molecule has 5 nitrogen and oxygen atoms in total. The van der Waals surface area contributed by atoms with Gasteiger partial charge in [-0.05, 0) is 53.9 Å². The summed E-state index contributed by atoms with van der Waals surface area (Å²) in [4.78, 5) is 27.0. The Morgan fingerprint density at radius 1 is 0.554 bits per heavy atom. The van der Waals surface area contributed by atoms with Crippen molar-refractivity contribution in [2.45, 2.75) is 254 Å². The van der Waals surface area contributed by atoms with E-state index in [1.165, 1.54) is 89.9 Å². The molecule has 1 aliphatic heterocycles. The van der Waals surface area contributed by atoms with Crippen LogP contribution in [-0.2, 0) is 37.6 Å². The topological polar surface area (TPSA) is 65.0 Å². The molecule has 0 fully saturated rings. The maximum Gasteiger partial charge on any atom is 0.533 e. The summed E-state index contributed by atoms with van der Waals surface area (Å²) in [5.74, 6) is 1.23. The lowest BCUT2D eigenvalue weighted by atomic mass is 9.78. The number of esters is 1. The van der Waals surface area contributed by atoms with Crippen molar-refractivity contribution in [1.82, 2.24) is 0 Å². The summed E-state index contributed by atoms with van der Waals surface area (Å²) in [6.45, 7) is 35.8. The highest BCUT2D eigenvalue weighted by Gasteiger charge is 2.57. The van der Waals surface area contributed by atoms with Gasteiger partial charge in [-0.1, -0.05) is 241 Å². The van der Waals surface area contributed by atoms with Gasteiger partial charge in [-0.2, -0.15) is 4.89 Å². The molecule has 1 aliphatic rings. The van der Waals surface area contributed by atoms with Gasteiger partial charge < -0.3 is 4.74 Å². The minimum absolute atomic E-state index is 0.0499. The van der Waals surface area contributed by atoms with Gasteiger partial charge in [-0.15, -0.1) is 0 Å². The molecular weight excluding hydrogens is 820 g/mol. The van der Waals surface area contributed by atoms with Gasteiger partial charge in [0.25, 0.3) is 0 Å². The van der Waals surface area contributed by atoms with Crippen LogP contribution in [0.15, 0.2) is 36.4 Å². The Kier molecular flexibility index (Phi) is 19.7. The first kappa shape index (κ1) is 54.7. The van der Waals surface area contributed by atoms with Crippen LogP contribution in [0.25, 0.3) is 0 Å². The number of carbonyl (C=O) groups excluding carboxylic acids is 1. The molecule has 1 N–H and O–H groups in total. The Morgan fingerprint density at radius 2 is 0.908 bits per heavy atom. The zero-order chi connectivity index (χ0) is 48.4. The maximum atomic E-state index is 13.8. The van der Waals surface area contributed by atoms with E-state index >= 15 is 0 Å². The number of hydrogen-bond donors (Lipinski definition) is 1. The summed E-state index contributed by atoms with van der Waals surface area (Å²) >= 11 is 0. The number of unbranched alkanes of at least 4 members (excludes halogenated alkanes) is 15. The third-order valence-corrected chi connectivity index (χ3v) is 15.4. The highest BCUT2D eigenvalue weighted by atomic mass is 31.2. The smallest absolute Gasteiger partial charge is 0.466 e. The van der Waals surface area contributed by atoms with Crippen molar-refractivity contribution in [2.24, 2.45) is 0 Å². The third-order valence-electron chi connectivity index (χ3n) is 13.5. The quantitative estimate of drug-likeness (QED) is 0.0655. The van der Waals surface area contributed by atoms with E-state index in [9.17, 15) is 9.69 Å². The first-order valence-electron chi connectivity index (χ1n) is 25.9. The van der Waals surface area contributed by atoms with Crippen LogP contribution >= 0.6 is 7.94 Å². The van der Waals surface area contributed by atoms with Gasteiger partial charge >= 0.3 is 13.9 Å². The minimum Gasteiger partial charge on any atom is -0.466 e. The number of carbonyl (C=O) groups is 1. The second kappa shape index (κ2) is 23.4. The summed E-state index contributed by atoms with van der Waals surface area (Å²) in [5, 5.41) is 0.736. The van der Waals surface area contributed by atoms with Crippen molar-refractivity contribution in [3.8, 4) is 11.5 Å². The monoisotopic (exact) mass is 914 g/mol. The molecule has 0 radical (unpaired) electrons. The molecule has 3 aromatic carbocycles. The van der Waals surface area contributed by atoms with Gasteiger partial charge in [-0.3, -0.25) is 13.8 Å². The SMILES string of the molecule is CCCCCCCCCCCCCCCCCCOC(=O)CCc1cc(C(C)(C)C)c([P+]2(O)Oc3c(cc(C)cc3C(C)(C)C)C(C)c3cc(C)cc(C(C)(C)C)c3O2)c(C(C)(C)C)c1. The van der Waals surface area contributed by atoms with Crippen LogP contribution in [0.5, 0.6) is 11.5 Å². The molecule has 0 saturated heterocycles. The van der Waals surface area contributed by atoms with Crippen molar-refractivity contribution in [3.05, 3.63) is 86.5 Å². The van der Waals surface area contributed by atoms with Crippen molar-refractivity contribution >= 4 is 19.2 Å². The van der Waals surface area contributed by atoms with Crippen LogP contribution in [0, 0.1) is 13.8 Å². The van der Waals surface area contributed by atoms with E-state index < -0.39 is 18.8 Å². The molecule has 3 aromatic rings. The van der Waals surface area contributed by atoms with Crippen LogP contribution < -0.4 is 14.4 Å². The van der Waals surface area contributed by atoms with Gasteiger partial charge in [0.15, 0.2) is 11.5 Å². The van der Waals surface area contributed by atoms with E-state index in [-0.39, 0.29) is 22.7 Å². The number of hydrogen-bond acceptors (Lipinski definition) is 5. The fraction of sp³-hybridized carbons (Fsp3) is 0.678. The van der Waals surface area contributed by atoms with Crippen LogP contribution in [0.1, 0.15) is 262 Å². The van der Waals surface area contributed by atoms with Gasteiger partial charge in [0.2, 0.25) is 5.30 Å². The van der Waals surface area contributed by atoms with Gasteiger partial charge in [0, 0.05) is 45.7 Å². The van der Waals surface area contributed by atoms with E-state index in [1.807, 2.05) is 0 Å². The van der Waals surface area contributed by atoms with Crippen LogP contribution in [0.3, 0.4) is 0 Å². The molecule has 6 heteroatoms. The van der Waals surface area contributed by atoms with Gasteiger partial charge in [0.1, 0.15) is 0 Å². The van der Waals surface area contributed by atoms with Crippen LogP contribution in [-0.4, -0.2) is 17.5 Å². The molecule has 0 aromatic heterocycles. The standard InChI is InChI=1S/C59H94O5P/c1-17-18-19-20-21-22-23-24-25-26-27-28-29-30-31-32-35-62-52(60)34-33-45-40-50(58(11,12)13)55(51(41-45)59(14,15)16)65(61)63-53-46(36-42(2)38-48(53)56(5,6)7)44(4)47-37-43(3)39-49(54(47)64-65)57(8,9)10/h36-41,44,61H,17-35H2,1-16H3/q+1. The average molecular weight is 914 g/mol. The normalized spacial score (nSPS) is 16.8. The molecule has 0 aliphatic carbocycles. The van der Waals surface area contributed by atoms with E-state index in [2.05, 4.69) is 147 Å². The molecule has 0 spiro atoms. The fourth-order valence-corrected chi connectivity index (χ4v) is 12.1. The highest BCUT2D eigenvalue weighted by molar-refractivity contribution is 7.69. The van der Waals surface area contributed by atoms with Crippen molar-refractivity contribution in [2.75, 3.05) is 6.61 Å². The van der Waals surface area contributed by atoms with Crippen molar-refractivity contribution in [3.63, 3.8) is 0 Å². The Labute approximate surface area is 399 Å². The highest BCUT2D eigenvalue weighted by Crippen LogP contribution is 2.64. The fourth-order valence-electron chi connectivity index (χ4n) is 9.53. The van der Waals surface area contributed by atoms with E-state index in [0.717, 1.165) is 68.2 Å². The minimum atomic E-state index is -3.96. The molecule has 0 amide bonds. The molecule has 0 saturated carbocycles. The van der Waals surface area contributed by atoms with Crippen molar-refractivity contribution in [1.29, 1.82) is 0 Å². The molecule has 0 bridgehead atoms. The lowest BCUT2D eigenvalue weighted by Crippen LogP contribution is -2.37. The Bertz CT molecular complexity index is 1890. The van der Waals surface area contributed by atoms with Crippen LogP contribution in [0.2, 0.25) is 0 Å². The molecule has 1 heterocycles. The second-order valence-electron chi connectivity index (χ2n) is 23.9. The second-order valence-corrected chi connectivity index (χ2v) is 25.8. The van der Waals surface area contributed by atoms with Crippen molar-refractivity contribution < 1.29 is 23.5 Å². The zero-order valence-electron chi connectivity index (χ0n) is 44.5. The number of aryl methyl sites for hydroxylation is 3. The molecule has 0 atom stereocenters. The van der Waals surface area contributed by atoms with E-state index in [1.54, 1.807) is 0 Å². The Balaban J connectivity index is 1.55. The summed E-state index contributed by atoms with van der Waals surface area (Å²) < 4.78 is 20.5. The first-order valence-corrected chi connectivity index (χ1v) is 27.5. The first-order chi connectivity index (χ1) is 30.3. The van der Waals surface area contributed by atoms with Crippen LogP contribution in [0.4, 0.5) is 0 Å². The Hall–Kier alpha value is -2.88. The zero-order valence-corrected chi connectivity index (χ0v) is 45.4. The summed E-state index contributed by atoms with van der Waals surface area (Å²) in [6.07, 6.45) is 22.0. The predicted octanol–water partition coefficient (Wildman–Crippen LogP) is 17.2. The average Bonchev–Trinajstić information content (AvgIpc) is 3.19. The Morgan fingerprint density at radius 3 is 1.26 bits per heavy atom. The number of ether oxygens (including phenoxy) is 1. The van der Waals surface area contributed by atoms with E-state index in [0.29, 0.717) is 30.9 Å². The third kappa shape index (κ3) is 15.6. The molecule has 4 rings (SSSR count). The lowest BCUT2D eigenvalue weighted by molar-refractivity contribution is -0.143. The number of rotatable bonds is 21. The van der Waals surface area contributed by atoms with Gasteiger partial charge in [0.05, 0.1) is 6.61 Å². The summed E-state index contributed by atoms with van der Waals surface area (Å²) in [7, 11) is -3.96. The number of benzene rings is 3. The predicted molar refractivity (Wildman–Crippen MR) is 280 cm³/mol. The largest absolute Gasteiger partial charge is 0.533 e. The molecular formula is C59H94O5P+. The lowest BCUT2D eigenvalue weighted by Gasteiger charge is -2.36. The number of fused-ring (bicyclic) bond motifs is 2. The maximum absolute atomic E-state index is 13.8. The molecule has 0 unspecified atom stereocenters. The molecule has 364 valence electrons. The summed E-state index contributed by atoms with van der Waals surface area (Å²) in [5.41, 5.74) is 8.22. The molecule has 65 heavy (non-hydrogen) atoms. The van der Waals surface area contributed by atoms with E-state index in [4.69, 9.17) is 13.8 Å². The van der Waals surface area contributed by atoms with Gasteiger partial charge in [-0.25, -0.2) is 0 Å².